The number of aryl methyl sites for hydroxylation is 4. The van der Waals surface area contributed by atoms with Crippen LogP contribution in [0.15, 0.2) is 58.6 Å². The van der Waals surface area contributed by atoms with E-state index in [1.165, 1.54) is 10.1 Å². The molecule has 0 saturated heterocycles. The Morgan fingerprint density at radius 2 is 1.93 bits per heavy atom. The van der Waals surface area contributed by atoms with Crippen LogP contribution in [-0.2, 0) is 26.6 Å². The summed E-state index contributed by atoms with van der Waals surface area (Å²) in [6.07, 6.45) is 8.08. The molecule has 0 bridgehead atoms. The fraction of sp³-hybridized carbons (Fsp3) is 0.333. The Morgan fingerprint density at radius 1 is 1.10 bits per heavy atom. The van der Waals surface area contributed by atoms with E-state index < -0.39 is 11.2 Å². The highest BCUT2D eigenvalue weighted by molar-refractivity contribution is 5.74. The Balaban J connectivity index is 1.54. The van der Waals surface area contributed by atoms with Gasteiger partial charge in [0.1, 0.15) is 0 Å². The molecule has 3 heterocycles. The molecule has 0 saturated carbocycles. The molecule has 0 amide bonds. The van der Waals surface area contributed by atoms with Gasteiger partial charge in [-0.3, -0.25) is 14.3 Å². The Hall–Kier alpha value is -3.62. The summed E-state index contributed by atoms with van der Waals surface area (Å²) in [5, 5.41) is 3.34. The highest BCUT2D eigenvalue weighted by atomic mass is 16.2. The van der Waals surface area contributed by atoms with E-state index in [0.29, 0.717) is 30.2 Å². The predicted octanol–water partition coefficient (Wildman–Crippen LogP) is 1.75. The van der Waals surface area contributed by atoms with E-state index in [9.17, 15) is 9.59 Å². The van der Waals surface area contributed by atoms with Crippen molar-refractivity contribution >= 4 is 17.1 Å². The van der Waals surface area contributed by atoms with Gasteiger partial charge < -0.3 is 14.5 Å². The van der Waals surface area contributed by atoms with Crippen LogP contribution in [0.25, 0.3) is 11.2 Å². The smallest absolute Gasteiger partial charge is 0.329 e. The molecule has 0 atom stereocenters. The molecule has 30 heavy (non-hydrogen) atoms. The van der Waals surface area contributed by atoms with Crippen LogP contribution in [0.3, 0.4) is 0 Å². The van der Waals surface area contributed by atoms with Gasteiger partial charge in [0.2, 0.25) is 5.95 Å². The second-order valence-electron chi connectivity index (χ2n) is 7.25. The van der Waals surface area contributed by atoms with E-state index >= 15 is 0 Å². The third kappa shape index (κ3) is 4.19. The van der Waals surface area contributed by atoms with E-state index in [1.54, 1.807) is 19.6 Å². The Kier molecular flexibility index (Phi) is 5.78. The van der Waals surface area contributed by atoms with Crippen LogP contribution in [0, 0.1) is 0 Å². The lowest BCUT2D eigenvalue weighted by Crippen LogP contribution is -2.29. The standard InChI is InChI=1S/C21H25N7O2/c1-26-18-17(19(29)25-21(26)30)28(13-5-9-16-7-3-2-4-8-16)20(24-18)23-10-6-12-27-14-11-22-15-27/h2-4,7-8,11,14-15H,5-6,9-10,12-13H2,1H3,(H,23,24)(H,25,29,30). The zero-order valence-electron chi connectivity index (χ0n) is 16.9. The molecule has 0 radical (unpaired) electrons. The molecule has 1 aromatic carbocycles. The van der Waals surface area contributed by atoms with Crippen molar-refractivity contribution in [3.8, 4) is 0 Å². The molecule has 9 heteroatoms. The quantitative estimate of drug-likeness (QED) is 0.412. The van der Waals surface area contributed by atoms with Crippen molar-refractivity contribution < 1.29 is 0 Å². The Labute approximate surface area is 173 Å². The van der Waals surface area contributed by atoms with Crippen molar-refractivity contribution in [1.82, 2.24) is 28.7 Å². The molecule has 2 N–H and O–H groups in total. The number of aromatic nitrogens is 6. The number of anilines is 1. The molecule has 4 aromatic rings. The molecule has 3 aromatic heterocycles. The van der Waals surface area contributed by atoms with Gasteiger partial charge in [-0.1, -0.05) is 30.3 Å². The van der Waals surface area contributed by atoms with Crippen LogP contribution in [0.1, 0.15) is 18.4 Å². The minimum atomic E-state index is -0.465. The molecule has 0 aliphatic heterocycles. The Morgan fingerprint density at radius 3 is 2.70 bits per heavy atom. The molecule has 0 fully saturated rings. The van der Waals surface area contributed by atoms with Crippen molar-refractivity contribution in [3.05, 3.63) is 75.5 Å². The van der Waals surface area contributed by atoms with Crippen LogP contribution < -0.4 is 16.6 Å². The van der Waals surface area contributed by atoms with Crippen LogP contribution in [-0.4, -0.2) is 35.2 Å². The van der Waals surface area contributed by atoms with E-state index in [2.05, 4.69) is 32.4 Å². The van der Waals surface area contributed by atoms with Crippen LogP contribution in [0.2, 0.25) is 0 Å². The maximum Gasteiger partial charge on any atom is 0.329 e. The first-order chi connectivity index (χ1) is 14.6. The predicted molar refractivity (Wildman–Crippen MR) is 116 cm³/mol. The van der Waals surface area contributed by atoms with Gasteiger partial charge >= 0.3 is 5.69 Å². The average Bonchev–Trinajstić information content (AvgIpc) is 3.39. The third-order valence-corrected chi connectivity index (χ3v) is 5.13. The number of fused-ring (bicyclic) bond motifs is 1. The maximum atomic E-state index is 12.5. The summed E-state index contributed by atoms with van der Waals surface area (Å²) in [6.45, 7) is 2.14. The minimum Gasteiger partial charge on any atom is -0.356 e. The fourth-order valence-corrected chi connectivity index (χ4v) is 3.55. The summed E-state index contributed by atoms with van der Waals surface area (Å²) in [6, 6.07) is 10.2. The van der Waals surface area contributed by atoms with Gasteiger partial charge in [-0.15, -0.1) is 0 Å². The normalized spacial score (nSPS) is 11.2. The molecule has 0 aliphatic carbocycles. The first-order valence-corrected chi connectivity index (χ1v) is 10.1. The molecule has 0 spiro atoms. The second kappa shape index (κ2) is 8.81. The number of hydrogen-bond acceptors (Lipinski definition) is 5. The SMILES string of the molecule is Cn1c(=O)[nH]c(=O)c2c1nc(NCCCn1ccnc1)n2CCCc1ccccc1. The van der Waals surface area contributed by atoms with Gasteiger partial charge in [0.15, 0.2) is 11.2 Å². The second-order valence-corrected chi connectivity index (χ2v) is 7.25. The number of rotatable bonds is 9. The van der Waals surface area contributed by atoms with Gasteiger partial charge in [-0.25, -0.2) is 9.78 Å². The zero-order chi connectivity index (χ0) is 20.9. The van der Waals surface area contributed by atoms with Gasteiger partial charge in [-0.2, -0.15) is 4.98 Å². The van der Waals surface area contributed by atoms with Gasteiger partial charge in [-0.05, 0) is 24.8 Å². The average molecular weight is 407 g/mol. The van der Waals surface area contributed by atoms with Crippen molar-refractivity contribution in [2.75, 3.05) is 11.9 Å². The summed E-state index contributed by atoms with van der Waals surface area (Å²) >= 11 is 0. The van der Waals surface area contributed by atoms with Crippen molar-refractivity contribution in [1.29, 1.82) is 0 Å². The maximum absolute atomic E-state index is 12.5. The highest BCUT2D eigenvalue weighted by Crippen LogP contribution is 2.17. The summed E-state index contributed by atoms with van der Waals surface area (Å²) in [5.74, 6) is 0.607. The highest BCUT2D eigenvalue weighted by Gasteiger charge is 2.17. The first-order valence-electron chi connectivity index (χ1n) is 10.1. The van der Waals surface area contributed by atoms with Gasteiger partial charge in [0.05, 0.1) is 6.33 Å². The lowest BCUT2D eigenvalue weighted by molar-refractivity contribution is 0.641. The zero-order valence-corrected chi connectivity index (χ0v) is 16.9. The summed E-state index contributed by atoms with van der Waals surface area (Å²) in [5.41, 5.74) is 1.18. The van der Waals surface area contributed by atoms with Crippen molar-refractivity contribution in [2.24, 2.45) is 7.05 Å². The number of aromatic amines is 1. The number of H-pyrrole nitrogens is 1. The van der Waals surface area contributed by atoms with E-state index in [0.717, 1.165) is 25.8 Å². The molecule has 156 valence electrons. The number of hydrogen-bond donors (Lipinski definition) is 2. The number of imidazole rings is 2. The van der Waals surface area contributed by atoms with Gasteiger partial charge in [0.25, 0.3) is 5.56 Å². The molecule has 4 rings (SSSR count). The lowest BCUT2D eigenvalue weighted by Gasteiger charge is -2.11. The number of nitrogens with zero attached hydrogens (tertiary/aromatic N) is 5. The molecule has 9 nitrogen and oxygen atoms in total. The van der Waals surface area contributed by atoms with E-state index in [1.807, 2.05) is 33.5 Å². The van der Waals surface area contributed by atoms with Gasteiger partial charge in [0, 0.05) is 39.1 Å². The molecular weight excluding hydrogens is 382 g/mol. The van der Waals surface area contributed by atoms with Crippen molar-refractivity contribution in [3.63, 3.8) is 0 Å². The first kappa shape index (κ1) is 19.7. The minimum absolute atomic E-state index is 0.389. The monoisotopic (exact) mass is 407 g/mol. The van der Waals surface area contributed by atoms with Crippen molar-refractivity contribution in [2.45, 2.75) is 32.4 Å². The van der Waals surface area contributed by atoms with Crippen LogP contribution in [0.4, 0.5) is 5.95 Å². The molecular formula is C21H25N7O2. The summed E-state index contributed by atoms with van der Waals surface area (Å²) in [7, 11) is 1.62. The fourth-order valence-electron chi connectivity index (χ4n) is 3.55. The summed E-state index contributed by atoms with van der Waals surface area (Å²) < 4.78 is 5.27. The van der Waals surface area contributed by atoms with Crippen LogP contribution >= 0.6 is 0 Å². The Bertz CT molecular complexity index is 1220. The number of benzene rings is 1. The largest absolute Gasteiger partial charge is 0.356 e. The number of nitrogens with one attached hydrogen (secondary N) is 2. The van der Waals surface area contributed by atoms with E-state index in [-0.39, 0.29) is 0 Å². The summed E-state index contributed by atoms with van der Waals surface area (Å²) in [4.78, 5) is 35.5. The third-order valence-electron chi connectivity index (χ3n) is 5.13. The van der Waals surface area contributed by atoms with Crippen LogP contribution in [0.5, 0.6) is 0 Å². The lowest BCUT2D eigenvalue weighted by atomic mass is 10.1. The molecule has 0 unspecified atom stereocenters. The topological polar surface area (TPSA) is 103 Å². The molecule has 0 aliphatic rings. The van der Waals surface area contributed by atoms with E-state index in [4.69, 9.17) is 0 Å².